The molecule has 2 aliphatic rings. The smallest absolute Gasteiger partial charge is 0.125 e. The van der Waals surface area contributed by atoms with Gasteiger partial charge in [0, 0.05) is 23.6 Å². The van der Waals surface area contributed by atoms with Crippen LogP contribution in [0.25, 0.3) is 0 Å². The normalized spacial score (nSPS) is 33.8. The lowest BCUT2D eigenvalue weighted by atomic mass is 9.66. The summed E-state index contributed by atoms with van der Waals surface area (Å²) in [6.45, 7) is 14.8. The van der Waals surface area contributed by atoms with Gasteiger partial charge in [-0.1, -0.05) is 53.7 Å². The molecule has 2 nitrogen and oxygen atoms in total. The van der Waals surface area contributed by atoms with Crippen LogP contribution in [0.2, 0.25) is 0 Å². The van der Waals surface area contributed by atoms with Gasteiger partial charge in [0.15, 0.2) is 0 Å². The molecule has 0 bridgehead atoms. The molecule has 1 N–H and O–H groups in total. The SMILES string of the molecule is CC1(C)/C=C\C(C)(C(C)(C)C)/C=N\C2=C1CCCN2. The van der Waals surface area contributed by atoms with E-state index in [1.54, 1.807) is 0 Å². The van der Waals surface area contributed by atoms with E-state index in [2.05, 4.69) is 65.2 Å². The fourth-order valence-corrected chi connectivity index (χ4v) is 2.62. The molecule has 106 valence electrons. The van der Waals surface area contributed by atoms with Crippen molar-refractivity contribution >= 4 is 6.21 Å². The van der Waals surface area contributed by atoms with Crippen LogP contribution in [0.3, 0.4) is 0 Å². The zero-order valence-electron chi connectivity index (χ0n) is 13.3. The lowest BCUT2D eigenvalue weighted by Crippen LogP contribution is -2.35. The third kappa shape index (κ3) is 2.63. The zero-order chi connectivity index (χ0) is 14.3. The van der Waals surface area contributed by atoms with Crippen molar-refractivity contribution in [1.82, 2.24) is 5.32 Å². The molecule has 0 radical (unpaired) electrons. The van der Waals surface area contributed by atoms with Gasteiger partial charge in [-0.15, -0.1) is 0 Å². The van der Waals surface area contributed by atoms with E-state index in [0.29, 0.717) is 0 Å². The summed E-state index contributed by atoms with van der Waals surface area (Å²) in [5, 5.41) is 3.48. The van der Waals surface area contributed by atoms with Crippen molar-refractivity contribution in [3.8, 4) is 0 Å². The van der Waals surface area contributed by atoms with Crippen molar-refractivity contribution in [3.63, 3.8) is 0 Å². The highest BCUT2D eigenvalue weighted by Gasteiger charge is 2.36. The number of hydrogen-bond donors (Lipinski definition) is 1. The van der Waals surface area contributed by atoms with Gasteiger partial charge in [-0.05, 0) is 23.8 Å². The standard InChI is InChI=1S/C17H28N2/c1-15(2,3)17(6)10-9-16(4,5)13-8-7-11-18-14(13)19-12-17/h9-10,12,18H,7-8,11H2,1-6H3/b10-9-,19-12-. The molecule has 0 aliphatic carbocycles. The Morgan fingerprint density at radius 3 is 2.47 bits per heavy atom. The summed E-state index contributed by atoms with van der Waals surface area (Å²) in [4.78, 5) is 4.81. The Hall–Kier alpha value is -1.05. The first-order valence-corrected chi connectivity index (χ1v) is 7.39. The monoisotopic (exact) mass is 260 g/mol. The zero-order valence-corrected chi connectivity index (χ0v) is 13.3. The molecule has 0 aromatic carbocycles. The summed E-state index contributed by atoms with van der Waals surface area (Å²) >= 11 is 0. The van der Waals surface area contributed by atoms with Crippen LogP contribution in [0.1, 0.15) is 54.4 Å². The van der Waals surface area contributed by atoms with Gasteiger partial charge in [-0.2, -0.15) is 0 Å². The van der Waals surface area contributed by atoms with Crippen LogP contribution in [0.5, 0.6) is 0 Å². The fourth-order valence-electron chi connectivity index (χ4n) is 2.62. The third-order valence-electron chi connectivity index (χ3n) is 4.88. The molecular formula is C17H28N2. The number of aliphatic imine (C=N–C) groups is 1. The second kappa shape index (κ2) is 4.50. The molecule has 19 heavy (non-hydrogen) atoms. The second-order valence-electron chi connectivity index (χ2n) is 7.70. The van der Waals surface area contributed by atoms with E-state index in [1.165, 1.54) is 12.0 Å². The quantitative estimate of drug-likeness (QED) is 0.645. The van der Waals surface area contributed by atoms with Crippen LogP contribution < -0.4 is 5.32 Å². The average Bonchev–Trinajstić information content (AvgIpc) is 2.32. The molecule has 0 saturated heterocycles. The molecule has 0 aromatic rings. The molecular weight excluding hydrogens is 232 g/mol. The molecule has 1 unspecified atom stereocenters. The maximum Gasteiger partial charge on any atom is 0.125 e. The van der Waals surface area contributed by atoms with Crippen LogP contribution in [-0.2, 0) is 0 Å². The largest absolute Gasteiger partial charge is 0.370 e. The molecule has 0 fully saturated rings. The predicted octanol–water partition coefficient (Wildman–Crippen LogP) is 4.30. The number of hydrogen-bond acceptors (Lipinski definition) is 2. The maximum absolute atomic E-state index is 4.81. The van der Waals surface area contributed by atoms with Gasteiger partial charge in [0.2, 0.25) is 0 Å². The van der Waals surface area contributed by atoms with E-state index < -0.39 is 0 Å². The van der Waals surface area contributed by atoms with E-state index in [9.17, 15) is 0 Å². The Kier molecular flexibility index (Phi) is 3.40. The number of allylic oxidation sites excluding steroid dienone is 3. The molecule has 0 aromatic heterocycles. The van der Waals surface area contributed by atoms with Gasteiger partial charge >= 0.3 is 0 Å². The highest BCUT2D eigenvalue weighted by Crippen LogP contribution is 2.43. The summed E-state index contributed by atoms with van der Waals surface area (Å²) in [6, 6.07) is 0. The molecule has 0 saturated carbocycles. The topological polar surface area (TPSA) is 24.4 Å². The minimum absolute atomic E-state index is 0.0120. The van der Waals surface area contributed by atoms with Gasteiger partial charge in [-0.25, -0.2) is 4.99 Å². The summed E-state index contributed by atoms with van der Waals surface area (Å²) < 4.78 is 0. The summed E-state index contributed by atoms with van der Waals surface area (Å²) in [5.41, 5.74) is 1.69. The van der Waals surface area contributed by atoms with Gasteiger partial charge in [-0.3, -0.25) is 0 Å². The van der Waals surface area contributed by atoms with Gasteiger partial charge in [0.1, 0.15) is 5.82 Å². The molecule has 2 aliphatic heterocycles. The number of rotatable bonds is 0. The van der Waals surface area contributed by atoms with Crippen molar-refractivity contribution in [1.29, 1.82) is 0 Å². The lowest BCUT2D eigenvalue weighted by molar-refractivity contribution is 0.253. The van der Waals surface area contributed by atoms with Crippen LogP contribution in [-0.4, -0.2) is 12.8 Å². The molecule has 0 spiro atoms. The summed E-state index contributed by atoms with van der Waals surface area (Å²) in [6.07, 6.45) is 9.23. The molecule has 2 rings (SSSR count). The molecule has 2 heteroatoms. The van der Waals surface area contributed by atoms with Crippen LogP contribution in [0, 0.1) is 16.2 Å². The second-order valence-corrected chi connectivity index (χ2v) is 7.70. The van der Waals surface area contributed by atoms with Crippen molar-refractivity contribution in [2.45, 2.75) is 54.4 Å². The Morgan fingerprint density at radius 1 is 1.16 bits per heavy atom. The van der Waals surface area contributed by atoms with E-state index >= 15 is 0 Å². The van der Waals surface area contributed by atoms with Crippen molar-refractivity contribution in [3.05, 3.63) is 23.5 Å². The van der Waals surface area contributed by atoms with Gasteiger partial charge in [0.25, 0.3) is 0 Å². The lowest BCUT2D eigenvalue weighted by Gasteiger charge is -2.40. The van der Waals surface area contributed by atoms with E-state index in [0.717, 1.165) is 18.8 Å². The minimum atomic E-state index is -0.0120. The number of nitrogens with one attached hydrogen (secondary N) is 1. The first kappa shape index (κ1) is 14.4. The highest BCUT2D eigenvalue weighted by atomic mass is 15.0. The van der Waals surface area contributed by atoms with Crippen LogP contribution in [0.4, 0.5) is 0 Å². The Morgan fingerprint density at radius 2 is 1.84 bits per heavy atom. The highest BCUT2D eigenvalue weighted by molar-refractivity contribution is 5.71. The van der Waals surface area contributed by atoms with Gasteiger partial charge < -0.3 is 5.32 Å². The van der Waals surface area contributed by atoms with Crippen LogP contribution in [0.15, 0.2) is 28.5 Å². The Balaban J connectivity index is 2.52. The third-order valence-corrected chi connectivity index (χ3v) is 4.88. The van der Waals surface area contributed by atoms with Crippen LogP contribution >= 0.6 is 0 Å². The first-order chi connectivity index (χ1) is 8.66. The van der Waals surface area contributed by atoms with Crippen molar-refractivity contribution < 1.29 is 0 Å². The summed E-state index contributed by atoms with van der Waals surface area (Å²) in [7, 11) is 0. The Labute approximate surface area is 118 Å². The fraction of sp³-hybridized carbons (Fsp3) is 0.706. The minimum Gasteiger partial charge on any atom is -0.370 e. The maximum atomic E-state index is 4.81. The van der Waals surface area contributed by atoms with Crippen molar-refractivity contribution in [2.75, 3.05) is 6.54 Å². The van der Waals surface area contributed by atoms with E-state index in [4.69, 9.17) is 4.99 Å². The molecule has 1 atom stereocenters. The average molecular weight is 260 g/mol. The molecule has 2 heterocycles. The predicted molar refractivity (Wildman–Crippen MR) is 83.2 cm³/mol. The van der Waals surface area contributed by atoms with E-state index in [-0.39, 0.29) is 16.2 Å². The summed E-state index contributed by atoms with van der Waals surface area (Å²) in [5.74, 6) is 1.11. The van der Waals surface area contributed by atoms with Crippen molar-refractivity contribution in [2.24, 2.45) is 21.2 Å². The number of nitrogens with zero attached hydrogens (tertiary/aromatic N) is 1. The van der Waals surface area contributed by atoms with E-state index in [1.807, 2.05) is 0 Å². The molecule has 0 amide bonds. The Bertz CT molecular complexity index is 446. The van der Waals surface area contributed by atoms with Gasteiger partial charge in [0.05, 0.1) is 0 Å². The first-order valence-electron chi connectivity index (χ1n) is 7.39.